The Balaban J connectivity index is 1.10. The van der Waals surface area contributed by atoms with Crippen LogP contribution in [0.1, 0.15) is 31.2 Å². The van der Waals surface area contributed by atoms with Gasteiger partial charge >= 0.3 is 0 Å². The molecule has 0 unspecified atom stereocenters. The third-order valence-corrected chi connectivity index (χ3v) is 5.29. The Bertz CT molecular complexity index is 1090. The molecular weight excluding hydrogens is 406 g/mol. The summed E-state index contributed by atoms with van der Waals surface area (Å²) in [5, 5.41) is 6.82. The topological polar surface area (TPSA) is 89.6 Å². The van der Waals surface area contributed by atoms with E-state index in [1.54, 1.807) is 6.20 Å². The van der Waals surface area contributed by atoms with Crippen molar-refractivity contribution in [1.29, 1.82) is 0 Å². The summed E-state index contributed by atoms with van der Waals surface area (Å²) in [7, 11) is 0. The van der Waals surface area contributed by atoms with Gasteiger partial charge in [0.15, 0.2) is 0 Å². The van der Waals surface area contributed by atoms with E-state index in [1.165, 1.54) is 0 Å². The quantitative estimate of drug-likeness (QED) is 0.474. The molecule has 1 aromatic heterocycles. The number of rotatable bonds is 10. The molecule has 2 N–H and O–H groups in total. The monoisotopic (exact) mass is 433 g/mol. The fourth-order valence-electron chi connectivity index (χ4n) is 3.64. The van der Waals surface area contributed by atoms with Crippen molar-refractivity contribution in [2.24, 2.45) is 0 Å². The molecule has 166 valence electrons. The van der Waals surface area contributed by atoms with Crippen LogP contribution in [0.25, 0.3) is 10.9 Å². The van der Waals surface area contributed by atoms with Gasteiger partial charge in [0, 0.05) is 36.7 Å². The van der Waals surface area contributed by atoms with Crippen LogP contribution in [-0.2, 0) is 16.0 Å². The number of hydrogen-bond donors (Lipinski definition) is 2. The predicted octanol–water partition coefficient (Wildman–Crippen LogP) is 3.86. The van der Waals surface area contributed by atoms with E-state index in [-0.39, 0.29) is 11.8 Å². The van der Waals surface area contributed by atoms with E-state index in [4.69, 9.17) is 9.47 Å². The molecule has 0 saturated carbocycles. The Morgan fingerprint density at radius 2 is 1.91 bits per heavy atom. The van der Waals surface area contributed by atoms with Gasteiger partial charge in [0.05, 0.1) is 13.2 Å². The van der Waals surface area contributed by atoms with Crippen LogP contribution < -0.4 is 20.1 Å². The summed E-state index contributed by atoms with van der Waals surface area (Å²) in [5.74, 6) is 1.58. The lowest BCUT2D eigenvalue weighted by Gasteiger charge is -2.17. The van der Waals surface area contributed by atoms with Crippen LogP contribution in [-0.4, -0.2) is 36.6 Å². The van der Waals surface area contributed by atoms with Crippen LogP contribution in [0.5, 0.6) is 11.5 Å². The number of amides is 2. The zero-order valence-electron chi connectivity index (χ0n) is 17.9. The molecule has 4 rings (SSSR count). The standard InChI is InChI=1S/C25H27N3O4/c29-23(8-3-15-31-20-10-11-21-19(17-20)9-12-24(30)28-21)26-14-4-16-32-22-7-1-5-18-6-2-13-27-25(18)22/h1-2,5-7,10-11,13,17H,3-4,8-9,12,14-16H2,(H,26,29)(H,28,30). The molecule has 2 heterocycles. The number of nitrogens with one attached hydrogen (secondary N) is 2. The van der Waals surface area contributed by atoms with Crippen molar-refractivity contribution in [2.75, 3.05) is 25.1 Å². The maximum absolute atomic E-state index is 12.0. The first-order chi connectivity index (χ1) is 15.7. The van der Waals surface area contributed by atoms with Gasteiger partial charge in [0.2, 0.25) is 11.8 Å². The third-order valence-electron chi connectivity index (χ3n) is 5.29. The molecule has 7 heteroatoms. The second kappa shape index (κ2) is 10.6. The number of nitrogens with zero attached hydrogens (tertiary/aromatic N) is 1. The average molecular weight is 434 g/mol. The van der Waals surface area contributed by atoms with E-state index in [1.807, 2.05) is 48.5 Å². The average Bonchev–Trinajstić information content (AvgIpc) is 2.81. The van der Waals surface area contributed by atoms with Gasteiger partial charge in [-0.05, 0) is 55.2 Å². The second-order valence-corrected chi connectivity index (χ2v) is 7.70. The van der Waals surface area contributed by atoms with E-state index in [0.29, 0.717) is 39.0 Å². The fraction of sp³-hybridized carbons (Fsp3) is 0.320. The molecule has 0 fully saturated rings. The summed E-state index contributed by atoms with van der Waals surface area (Å²) in [4.78, 5) is 27.8. The van der Waals surface area contributed by atoms with E-state index < -0.39 is 0 Å². The minimum absolute atomic E-state index is 0.00795. The van der Waals surface area contributed by atoms with Crippen molar-refractivity contribution >= 4 is 28.4 Å². The van der Waals surface area contributed by atoms with Gasteiger partial charge in [-0.3, -0.25) is 14.6 Å². The Labute approximate surface area is 187 Å². The van der Waals surface area contributed by atoms with Crippen LogP contribution in [0.4, 0.5) is 5.69 Å². The smallest absolute Gasteiger partial charge is 0.224 e. The first-order valence-corrected chi connectivity index (χ1v) is 11.0. The molecule has 0 aliphatic carbocycles. The minimum atomic E-state index is 0.00795. The Hall–Kier alpha value is -3.61. The van der Waals surface area contributed by atoms with Gasteiger partial charge < -0.3 is 20.1 Å². The molecule has 32 heavy (non-hydrogen) atoms. The second-order valence-electron chi connectivity index (χ2n) is 7.70. The van der Waals surface area contributed by atoms with E-state index in [0.717, 1.165) is 46.5 Å². The zero-order chi connectivity index (χ0) is 22.2. The van der Waals surface area contributed by atoms with Crippen molar-refractivity contribution in [2.45, 2.75) is 32.1 Å². The van der Waals surface area contributed by atoms with Gasteiger partial charge in [-0.15, -0.1) is 0 Å². The zero-order valence-corrected chi connectivity index (χ0v) is 17.9. The number of pyridine rings is 1. The summed E-state index contributed by atoms with van der Waals surface area (Å²) >= 11 is 0. The normalized spacial score (nSPS) is 12.7. The first kappa shape index (κ1) is 21.6. The van der Waals surface area contributed by atoms with Gasteiger partial charge in [-0.1, -0.05) is 18.2 Å². The number of hydrogen-bond acceptors (Lipinski definition) is 5. The summed E-state index contributed by atoms with van der Waals surface area (Å²) in [6.45, 7) is 1.54. The maximum atomic E-state index is 12.0. The molecule has 0 atom stereocenters. The van der Waals surface area contributed by atoms with Crippen LogP contribution in [0.3, 0.4) is 0 Å². The van der Waals surface area contributed by atoms with Gasteiger partial charge in [-0.2, -0.15) is 0 Å². The Kier molecular flexibility index (Phi) is 7.17. The molecule has 0 radical (unpaired) electrons. The summed E-state index contributed by atoms with van der Waals surface area (Å²) in [6, 6.07) is 15.4. The minimum Gasteiger partial charge on any atom is -0.494 e. The Morgan fingerprint density at radius 1 is 1.03 bits per heavy atom. The van der Waals surface area contributed by atoms with Crippen molar-refractivity contribution in [3.8, 4) is 11.5 Å². The highest BCUT2D eigenvalue weighted by molar-refractivity contribution is 5.94. The molecular formula is C25H27N3O4. The molecule has 7 nitrogen and oxygen atoms in total. The number of benzene rings is 2. The summed E-state index contributed by atoms with van der Waals surface area (Å²) in [5.41, 5.74) is 2.79. The number of carbonyl (C=O) groups excluding carboxylic acids is 2. The molecule has 0 bridgehead atoms. The van der Waals surface area contributed by atoms with Gasteiger partial charge in [-0.25, -0.2) is 0 Å². The SMILES string of the molecule is O=C(CCCOc1ccc2c(c1)CCC(=O)N2)NCCCOc1cccc2cccnc12. The highest BCUT2D eigenvalue weighted by Crippen LogP contribution is 2.27. The third kappa shape index (κ3) is 5.75. The number of ether oxygens (including phenoxy) is 2. The maximum Gasteiger partial charge on any atom is 0.224 e. The Morgan fingerprint density at radius 3 is 2.84 bits per heavy atom. The fourth-order valence-corrected chi connectivity index (χ4v) is 3.64. The molecule has 1 aliphatic heterocycles. The number of anilines is 1. The molecule has 1 aliphatic rings. The molecule has 0 saturated heterocycles. The lowest BCUT2D eigenvalue weighted by molar-refractivity contribution is -0.121. The van der Waals surface area contributed by atoms with Crippen molar-refractivity contribution in [3.63, 3.8) is 0 Å². The van der Waals surface area contributed by atoms with Gasteiger partial charge in [0.1, 0.15) is 17.0 Å². The number of carbonyl (C=O) groups is 2. The van der Waals surface area contributed by atoms with Crippen molar-refractivity contribution in [3.05, 3.63) is 60.3 Å². The number of para-hydroxylation sites is 1. The van der Waals surface area contributed by atoms with Crippen LogP contribution in [0.2, 0.25) is 0 Å². The van der Waals surface area contributed by atoms with Crippen molar-refractivity contribution in [1.82, 2.24) is 10.3 Å². The summed E-state index contributed by atoms with van der Waals surface area (Å²) < 4.78 is 11.6. The molecule has 2 amide bonds. The van der Waals surface area contributed by atoms with E-state index >= 15 is 0 Å². The molecule has 2 aromatic carbocycles. The van der Waals surface area contributed by atoms with E-state index in [2.05, 4.69) is 15.6 Å². The highest BCUT2D eigenvalue weighted by Gasteiger charge is 2.15. The van der Waals surface area contributed by atoms with Crippen LogP contribution in [0.15, 0.2) is 54.7 Å². The summed E-state index contributed by atoms with van der Waals surface area (Å²) in [6.07, 6.45) is 4.75. The first-order valence-electron chi connectivity index (χ1n) is 11.0. The van der Waals surface area contributed by atoms with Crippen molar-refractivity contribution < 1.29 is 19.1 Å². The number of aromatic nitrogens is 1. The lowest BCUT2D eigenvalue weighted by Crippen LogP contribution is -2.25. The number of fused-ring (bicyclic) bond motifs is 2. The van der Waals surface area contributed by atoms with Gasteiger partial charge in [0.25, 0.3) is 0 Å². The largest absolute Gasteiger partial charge is 0.494 e. The van der Waals surface area contributed by atoms with Crippen LogP contribution >= 0.6 is 0 Å². The molecule has 3 aromatic rings. The lowest BCUT2D eigenvalue weighted by atomic mass is 10.0. The predicted molar refractivity (Wildman–Crippen MR) is 123 cm³/mol. The van der Waals surface area contributed by atoms with E-state index in [9.17, 15) is 9.59 Å². The number of aryl methyl sites for hydroxylation is 1. The molecule has 0 spiro atoms. The van der Waals surface area contributed by atoms with Crippen LogP contribution in [0, 0.1) is 0 Å². The highest BCUT2D eigenvalue weighted by atomic mass is 16.5.